The Labute approximate surface area is 77.6 Å². The molecule has 0 amide bonds. The van der Waals surface area contributed by atoms with E-state index in [9.17, 15) is 4.79 Å². The summed E-state index contributed by atoms with van der Waals surface area (Å²) in [5, 5.41) is 4.31. The Morgan fingerprint density at radius 3 is 3.09 bits per heavy atom. The van der Waals surface area contributed by atoms with Crippen molar-refractivity contribution in [2.24, 2.45) is 0 Å². The highest BCUT2D eigenvalue weighted by Crippen LogP contribution is 2.10. The van der Waals surface area contributed by atoms with Gasteiger partial charge in [0.2, 0.25) is 0 Å². The minimum atomic E-state index is 0.640. The van der Waals surface area contributed by atoms with Gasteiger partial charge in [-0.1, -0.05) is 27.8 Å². The number of halogens is 1. The smallest absolute Gasteiger partial charge is 0.152 e. The van der Waals surface area contributed by atoms with Crippen LogP contribution >= 0.6 is 27.3 Å². The molecule has 0 aliphatic carbocycles. The topological polar surface area (TPSA) is 17.1 Å². The lowest BCUT2D eigenvalue weighted by molar-refractivity contribution is 0.112. The van der Waals surface area contributed by atoms with E-state index in [-0.39, 0.29) is 0 Å². The maximum Gasteiger partial charge on any atom is 0.152 e. The molecule has 0 saturated carbocycles. The summed E-state index contributed by atoms with van der Waals surface area (Å²) < 4.78 is 0. The number of alkyl halides is 1. The number of hydrogen-bond acceptors (Lipinski definition) is 2. The second kappa shape index (κ2) is 4.32. The molecule has 1 aromatic heterocycles. The van der Waals surface area contributed by atoms with Crippen molar-refractivity contribution >= 4 is 33.6 Å². The van der Waals surface area contributed by atoms with Crippen molar-refractivity contribution < 1.29 is 4.79 Å². The zero-order valence-corrected chi connectivity index (χ0v) is 8.04. The molecular weight excluding hydrogens is 224 g/mol. The summed E-state index contributed by atoms with van der Waals surface area (Å²) >= 11 is 4.68. The Kier molecular flexibility index (Phi) is 3.34. The summed E-state index contributed by atoms with van der Waals surface area (Å²) in [4.78, 5) is 10.4. The van der Waals surface area contributed by atoms with Gasteiger partial charge in [-0.05, 0) is 0 Å². The average Bonchev–Trinajstić information content (AvgIpc) is 2.47. The molecule has 3 heteroatoms. The molecule has 1 rings (SSSR count). The molecular formula is C8H5BrOS. The van der Waals surface area contributed by atoms with Crippen LogP contribution in [0.5, 0.6) is 0 Å². The Morgan fingerprint density at radius 2 is 2.45 bits per heavy atom. The van der Waals surface area contributed by atoms with Crippen LogP contribution in [0.25, 0.3) is 0 Å². The van der Waals surface area contributed by atoms with Crippen molar-refractivity contribution in [3.05, 3.63) is 21.9 Å². The van der Waals surface area contributed by atoms with Crippen molar-refractivity contribution in [2.45, 2.75) is 0 Å². The molecule has 56 valence electrons. The summed E-state index contributed by atoms with van der Waals surface area (Å²) in [5.74, 6) is 5.72. The zero-order chi connectivity index (χ0) is 8.10. The number of carbonyl (C=O) groups is 1. The normalized spacial score (nSPS) is 8.45. The predicted molar refractivity (Wildman–Crippen MR) is 50.4 cm³/mol. The molecule has 0 aliphatic rings. The van der Waals surface area contributed by atoms with E-state index >= 15 is 0 Å². The molecule has 0 bridgehead atoms. The van der Waals surface area contributed by atoms with Gasteiger partial charge in [0.25, 0.3) is 0 Å². The summed E-state index contributed by atoms with van der Waals surface area (Å²) in [6.07, 6.45) is 0.828. The fraction of sp³-hybridized carbons (Fsp3) is 0.125. The van der Waals surface area contributed by atoms with E-state index in [1.165, 1.54) is 11.3 Å². The molecule has 0 atom stereocenters. The number of thiophene rings is 1. The van der Waals surface area contributed by atoms with Crippen molar-refractivity contribution in [1.82, 2.24) is 0 Å². The second-order valence-corrected chi connectivity index (χ2v) is 3.10. The zero-order valence-electron chi connectivity index (χ0n) is 5.63. The van der Waals surface area contributed by atoms with Gasteiger partial charge in [-0.3, -0.25) is 4.79 Å². The van der Waals surface area contributed by atoms with Gasteiger partial charge >= 0.3 is 0 Å². The Bertz CT molecular complexity index is 305. The van der Waals surface area contributed by atoms with Crippen LogP contribution in [-0.4, -0.2) is 11.6 Å². The lowest BCUT2D eigenvalue weighted by Gasteiger charge is -1.81. The van der Waals surface area contributed by atoms with Gasteiger partial charge in [-0.25, -0.2) is 0 Å². The molecule has 1 aromatic rings. The third kappa shape index (κ3) is 2.18. The molecule has 0 aromatic carbocycles. The first kappa shape index (κ1) is 8.51. The van der Waals surface area contributed by atoms with Gasteiger partial charge in [0, 0.05) is 21.9 Å². The average molecular weight is 229 g/mol. The van der Waals surface area contributed by atoms with Gasteiger partial charge < -0.3 is 0 Å². The highest BCUT2D eigenvalue weighted by Gasteiger charge is 1.97. The molecule has 1 heterocycles. The first-order valence-corrected chi connectivity index (χ1v) is 5.01. The van der Waals surface area contributed by atoms with Crippen molar-refractivity contribution in [1.29, 1.82) is 0 Å². The van der Waals surface area contributed by atoms with Crippen LogP contribution in [0.2, 0.25) is 0 Å². The van der Waals surface area contributed by atoms with Crippen molar-refractivity contribution in [3.63, 3.8) is 0 Å². The minimum absolute atomic E-state index is 0.640. The van der Waals surface area contributed by atoms with E-state index in [0.29, 0.717) is 10.9 Å². The number of aldehydes is 1. The third-order valence-electron chi connectivity index (χ3n) is 1.11. The van der Waals surface area contributed by atoms with E-state index in [1.54, 1.807) is 5.38 Å². The minimum Gasteiger partial charge on any atom is -0.298 e. The lowest BCUT2D eigenvalue weighted by atomic mass is 10.2. The van der Waals surface area contributed by atoms with E-state index in [1.807, 2.05) is 5.38 Å². The fourth-order valence-electron chi connectivity index (χ4n) is 0.628. The van der Waals surface area contributed by atoms with Gasteiger partial charge in [-0.15, -0.1) is 0 Å². The predicted octanol–water partition coefficient (Wildman–Crippen LogP) is 2.31. The first-order chi connectivity index (χ1) is 5.38. The molecule has 0 spiro atoms. The Morgan fingerprint density at radius 1 is 1.64 bits per heavy atom. The van der Waals surface area contributed by atoms with Crippen LogP contribution in [-0.2, 0) is 0 Å². The van der Waals surface area contributed by atoms with Crippen LogP contribution in [0.4, 0.5) is 0 Å². The Balaban J connectivity index is 2.93. The number of rotatable bonds is 1. The number of hydrogen-bond donors (Lipinski definition) is 0. The van der Waals surface area contributed by atoms with E-state index < -0.39 is 0 Å². The molecule has 0 N–H and O–H groups in total. The van der Waals surface area contributed by atoms with E-state index in [4.69, 9.17) is 0 Å². The maximum absolute atomic E-state index is 10.4. The quantitative estimate of drug-likeness (QED) is 0.410. The van der Waals surface area contributed by atoms with Crippen LogP contribution in [0.15, 0.2) is 10.8 Å². The summed E-state index contributed by atoms with van der Waals surface area (Å²) in [6.45, 7) is 0. The van der Waals surface area contributed by atoms with Gasteiger partial charge in [-0.2, -0.15) is 11.3 Å². The molecule has 0 radical (unpaired) electrons. The summed E-state index contributed by atoms with van der Waals surface area (Å²) in [6, 6.07) is 0. The van der Waals surface area contributed by atoms with Crippen LogP contribution < -0.4 is 0 Å². The standard InChI is InChI=1S/C8H5BrOS/c9-3-1-2-7-5-11-6-8(7)4-10/h4-6H,3H2. The van der Waals surface area contributed by atoms with E-state index in [2.05, 4.69) is 27.8 Å². The lowest BCUT2D eigenvalue weighted by Crippen LogP contribution is -1.78. The summed E-state index contributed by atoms with van der Waals surface area (Å²) in [7, 11) is 0. The van der Waals surface area contributed by atoms with Gasteiger partial charge in [0.05, 0.1) is 5.33 Å². The van der Waals surface area contributed by atoms with Gasteiger partial charge in [0.1, 0.15) is 0 Å². The molecule has 1 nitrogen and oxygen atoms in total. The first-order valence-electron chi connectivity index (χ1n) is 2.94. The molecule has 0 aliphatic heterocycles. The maximum atomic E-state index is 10.4. The molecule has 0 fully saturated rings. The molecule has 0 unspecified atom stereocenters. The molecule has 0 saturated heterocycles. The Hall–Kier alpha value is -0.590. The SMILES string of the molecule is O=Cc1cscc1C#CCBr. The second-order valence-electron chi connectivity index (χ2n) is 1.79. The van der Waals surface area contributed by atoms with Gasteiger partial charge in [0.15, 0.2) is 6.29 Å². The number of carbonyl (C=O) groups excluding carboxylic acids is 1. The highest BCUT2D eigenvalue weighted by molar-refractivity contribution is 9.09. The monoisotopic (exact) mass is 228 g/mol. The highest BCUT2D eigenvalue weighted by atomic mass is 79.9. The van der Waals surface area contributed by atoms with Crippen molar-refractivity contribution in [3.8, 4) is 11.8 Å². The van der Waals surface area contributed by atoms with Crippen LogP contribution in [0.1, 0.15) is 15.9 Å². The fourth-order valence-corrected chi connectivity index (χ4v) is 1.50. The van der Waals surface area contributed by atoms with Crippen LogP contribution in [0, 0.1) is 11.8 Å². The summed E-state index contributed by atoms with van der Waals surface area (Å²) in [5.41, 5.74) is 1.51. The van der Waals surface area contributed by atoms with Crippen LogP contribution in [0.3, 0.4) is 0 Å². The van der Waals surface area contributed by atoms with Crippen molar-refractivity contribution in [2.75, 3.05) is 5.33 Å². The molecule has 11 heavy (non-hydrogen) atoms. The third-order valence-corrected chi connectivity index (χ3v) is 2.15. The van der Waals surface area contributed by atoms with E-state index in [0.717, 1.165) is 11.8 Å². The largest absolute Gasteiger partial charge is 0.298 e.